The number of methoxy groups -OCH3 is 1. The summed E-state index contributed by atoms with van der Waals surface area (Å²) in [5.74, 6) is -0.0565. The summed E-state index contributed by atoms with van der Waals surface area (Å²) in [6.07, 6.45) is 1.57. The highest BCUT2D eigenvalue weighted by Gasteiger charge is 2.14. The summed E-state index contributed by atoms with van der Waals surface area (Å²) >= 11 is 0. The van der Waals surface area contributed by atoms with E-state index in [9.17, 15) is 4.79 Å². The maximum atomic E-state index is 12.1. The number of nitrogens with one attached hydrogen (secondary N) is 1. The van der Waals surface area contributed by atoms with E-state index in [-0.39, 0.29) is 11.9 Å². The average molecular weight is 250 g/mol. The summed E-state index contributed by atoms with van der Waals surface area (Å²) in [6.45, 7) is 3.05. The van der Waals surface area contributed by atoms with Crippen LogP contribution in [0.1, 0.15) is 29.3 Å². The monoisotopic (exact) mass is 250 g/mol. The molecule has 0 fully saturated rings. The molecule has 0 aliphatic heterocycles. The van der Waals surface area contributed by atoms with Crippen molar-refractivity contribution in [2.24, 2.45) is 5.73 Å². The van der Waals surface area contributed by atoms with Gasteiger partial charge in [0.1, 0.15) is 0 Å². The molecule has 3 N–H and O–H groups in total. The van der Waals surface area contributed by atoms with Crippen LogP contribution in [0, 0.1) is 0 Å². The molecule has 4 heteroatoms. The minimum absolute atomic E-state index is 0.0395. The molecule has 1 aromatic rings. The van der Waals surface area contributed by atoms with Crippen molar-refractivity contribution in [3.8, 4) is 0 Å². The van der Waals surface area contributed by atoms with Gasteiger partial charge >= 0.3 is 0 Å². The Morgan fingerprint density at radius 2 is 2.17 bits per heavy atom. The van der Waals surface area contributed by atoms with Crippen LogP contribution in [0.25, 0.3) is 0 Å². The molecule has 0 bridgehead atoms. The lowest BCUT2D eigenvalue weighted by molar-refractivity contribution is 0.0926. The van der Waals surface area contributed by atoms with Crippen molar-refractivity contribution in [2.45, 2.75) is 25.8 Å². The van der Waals surface area contributed by atoms with Crippen molar-refractivity contribution >= 4 is 5.91 Å². The van der Waals surface area contributed by atoms with Crippen LogP contribution in [0.3, 0.4) is 0 Å². The standard InChI is InChI=1S/C14H22N2O2/c1-3-11-6-4-5-7-13(11)14(17)16-12(10-15)8-9-18-2/h4-7,12H,3,8-10,15H2,1-2H3,(H,16,17). The summed E-state index contributed by atoms with van der Waals surface area (Å²) in [6, 6.07) is 7.60. The fraction of sp³-hybridized carbons (Fsp3) is 0.500. The fourth-order valence-electron chi connectivity index (χ4n) is 1.82. The van der Waals surface area contributed by atoms with E-state index in [1.807, 2.05) is 31.2 Å². The molecule has 0 saturated carbocycles. The number of hydrogen-bond acceptors (Lipinski definition) is 3. The quantitative estimate of drug-likeness (QED) is 0.767. The summed E-state index contributed by atoms with van der Waals surface area (Å²) in [4.78, 5) is 12.1. The maximum absolute atomic E-state index is 12.1. The van der Waals surface area contributed by atoms with Crippen LogP contribution in [-0.4, -0.2) is 32.2 Å². The molecule has 0 heterocycles. The Hall–Kier alpha value is -1.39. The van der Waals surface area contributed by atoms with Crippen molar-refractivity contribution in [1.29, 1.82) is 0 Å². The Labute approximate surface area is 109 Å². The van der Waals surface area contributed by atoms with E-state index in [0.717, 1.165) is 24.0 Å². The molecule has 1 aromatic carbocycles. The van der Waals surface area contributed by atoms with Crippen molar-refractivity contribution in [3.05, 3.63) is 35.4 Å². The first-order chi connectivity index (χ1) is 8.72. The van der Waals surface area contributed by atoms with Gasteiger partial charge in [-0.2, -0.15) is 0 Å². The topological polar surface area (TPSA) is 64.4 Å². The summed E-state index contributed by atoms with van der Waals surface area (Å²) in [7, 11) is 1.64. The normalized spacial score (nSPS) is 12.2. The summed E-state index contributed by atoms with van der Waals surface area (Å²) in [5, 5.41) is 2.95. The van der Waals surface area contributed by atoms with E-state index in [0.29, 0.717) is 13.2 Å². The maximum Gasteiger partial charge on any atom is 0.251 e. The van der Waals surface area contributed by atoms with Gasteiger partial charge in [0, 0.05) is 31.9 Å². The lowest BCUT2D eigenvalue weighted by Crippen LogP contribution is -2.41. The van der Waals surface area contributed by atoms with Crippen molar-refractivity contribution in [1.82, 2.24) is 5.32 Å². The van der Waals surface area contributed by atoms with Crippen LogP contribution in [0.2, 0.25) is 0 Å². The number of ether oxygens (including phenoxy) is 1. The second kappa shape index (κ2) is 7.84. The third-order valence-corrected chi connectivity index (χ3v) is 2.93. The molecule has 1 amide bonds. The van der Waals surface area contributed by atoms with E-state index < -0.39 is 0 Å². The molecule has 100 valence electrons. The number of carbonyl (C=O) groups is 1. The van der Waals surface area contributed by atoms with E-state index in [1.165, 1.54) is 0 Å². The smallest absolute Gasteiger partial charge is 0.251 e. The lowest BCUT2D eigenvalue weighted by atomic mass is 10.0. The fourth-order valence-corrected chi connectivity index (χ4v) is 1.82. The second-order valence-corrected chi connectivity index (χ2v) is 4.20. The molecule has 0 aromatic heterocycles. The number of rotatable bonds is 7. The summed E-state index contributed by atoms with van der Waals surface area (Å²) < 4.78 is 5.00. The van der Waals surface area contributed by atoms with Crippen molar-refractivity contribution in [3.63, 3.8) is 0 Å². The molecule has 1 unspecified atom stereocenters. The van der Waals surface area contributed by atoms with Crippen LogP contribution in [0.15, 0.2) is 24.3 Å². The van der Waals surface area contributed by atoms with Crippen LogP contribution in [0.4, 0.5) is 0 Å². The Balaban J connectivity index is 2.68. The van der Waals surface area contributed by atoms with Crippen LogP contribution >= 0.6 is 0 Å². The number of benzene rings is 1. The first-order valence-corrected chi connectivity index (χ1v) is 6.30. The molecule has 0 aliphatic rings. The highest BCUT2D eigenvalue weighted by Crippen LogP contribution is 2.09. The van der Waals surface area contributed by atoms with Crippen molar-refractivity contribution in [2.75, 3.05) is 20.3 Å². The third-order valence-electron chi connectivity index (χ3n) is 2.93. The third kappa shape index (κ3) is 4.13. The van der Waals surface area contributed by atoms with Gasteiger partial charge < -0.3 is 15.8 Å². The van der Waals surface area contributed by atoms with Gasteiger partial charge in [-0.05, 0) is 24.5 Å². The summed E-state index contributed by atoms with van der Waals surface area (Å²) in [5.41, 5.74) is 7.43. The second-order valence-electron chi connectivity index (χ2n) is 4.20. The molecular weight excluding hydrogens is 228 g/mol. The Kier molecular flexibility index (Phi) is 6.39. The minimum Gasteiger partial charge on any atom is -0.385 e. The van der Waals surface area contributed by atoms with Gasteiger partial charge in [-0.15, -0.1) is 0 Å². The highest BCUT2D eigenvalue weighted by molar-refractivity contribution is 5.95. The molecule has 0 aliphatic carbocycles. The van der Waals surface area contributed by atoms with Crippen molar-refractivity contribution < 1.29 is 9.53 Å². The largest absolute Gasteiger partial charge is 0.385 e. The van der Waals surface area contributed by atoms with Gasteiger partial charge in [0.05, 0.1) is 0 Å². The Morgan fingerprint density at radius 3 is 2.78 bits per heavy atom. The first kappa shape index (κ1) is 14.7. The van der Waals surface area contributed by atoms with Gasteiger partial charge in [-0.25, -0.2) is 0 Å². The minimum atomic E-state index is -0.0565. The molecule has 1 atom stereocenters. The number of amides is 1. The van der Waals surface area contributed by atoms with Gasteiger partial charge in [0.15, 0.2) is 0 Å². The van der Waals surface area contributed by atoms with E-state index in [4.69, 9.17) is 10.5 Å². The lowest BCUT2D eigenvalue weighted by Gasteiger charge is -2.17. The van der Waals surface area contributed by atoms with Gasteiger partial charge in [0.2, 0.25) is 0 Å². The number of nitrogens with two attached hydrogens (primary N) is 1. The zero-order valence-corrected chi connectivity index (χ0v) is 11.1. The van der Waals surface area contributed by atoms with Gasteiger partial charge in [-0.3, -0.25) is 4.79 Å². The molecule has 0 radical (unpaired) electrons. The Morgan fingerprint density at radius 1 is 1.44 bits per heavy atom. The van der Waals surface area contributed by atoms with Crippen LogP contribution in [0.5, 0.6) is 0 Å². The van der Waals surface area contributed by atoms with E-state index in [1.54, 1.807) is 7.11 Å². The van der Waals surface area contributed by atoms with E-state index in [2.05, 4.69) is 5.32 Å². The predicted octanol–water partition coefficient (Wildman–Crippen LogP) is 1.34. The zero-order valence-electron chi connectivity index (χ0n) is 11.1. The number of hydrogen-bond donors (Lipinski definition) is 2. The molecule has 0 spiro atoms. The SMILES string of the molecule is CCc1ccccc1C(=O)NC(CN)CCOC. The highest BCUT2D eigenvalue weighted by atomic mass is 16.5. The molecular formula is C14H22N2O2. The molecule has 1 rings (SSSR count). The number of aryl methyl sites for hydroxylation is 1. The van der Waals surface area contributed by atoms with E-state index >= 15 is 0 Å². The molecule has 18 heavy (non-hydrogen) atoms. The van der Waals surface area contributed by atoms with Crippen LogP contribution in [-0.2, 0) is 11.2 Å². The number of carbonyl (C=O) groups excluding carboxylic acids is 1. The first-order valence-electron chi connectivity index (χ1n) is 6.30. The van der Waals surface area contributed by atoms with Gasteiger partial charge in [0.25, 0.3) is 5.91 Å². The average Bonchev–Trinajstić information content (AvgIpc) is 2.43. The molecule has 4 nitrogen and oxygen atoms in total. The van der Waals surface area contributed by atoms with Gasteiger partial charge in [-0.1, -0.05) is 25.1 Å². The Bertz CT molecular complexity index is 380. The van der Waals surface area contributed by atoms with Crippen LogP contribution < -0.4 is 11.1 Å². The predicted molar refractivity (Wildman–Crippen MR) is 72.6 cm³/mol. The zero-order chi connectivity index (χ0) is 13.4. The molecule has 0 saturated heterocycles.